The van der Waals surface area contributed by atoms with E-state index in [2.05, 4.69) is 15.3 Å². The molecule has 0 bridgehead atoms. The normalized spacial score (nSPS) is 12.4. The fourth-order valence-corrected chi connectivity index (χ4v) is 1.84. The van der Waals surface area contributed by atoms with Gasteiger partial charge in [0.25, 0.3) is 5.56 Å². The van der Waals surface area contributed by atoms with Crippen molar-refractivity contribution in [1.82, 2.24) is 9.97 Å². The van der Waals surface area contributed by atoms with Crippen molar-refractivity contribution in [3.63, 3.8) is 0 Å². The predicted molar refractivity (Wildman–Crippen MR) is 72.2 cm³/mol. The summed E-state index contributed by atoms with van der Waals surface area (Å²) in [6, 6.07) is 0. The van der Waals surface area contributed by atoms with Gasteiger partial charge in [-0.2, -0.15) is 0 Å². The summed E-state index contributed by atoms with van der Waals surface area (Å²) in [5, 5.41) is 3.03. The second kappa shape index (κ2) is 7.08. The van der Waals surface area contributed by atoms with Crippen LogP contribution < -0.4 is 10.9 Å². The lowest BCUT2D eigenvalue weighted by Gasteiger charge is -2.09. The Morgan fingerprint density at radius 3 is 3.19 bits per heavy atom. The molecular weight excluding hydrogens is 344 g/mol. The number of halogens is 2. The molecule has 7 heteroatoms. The number of ether oxygens (including phenoxy) is 1. The van der Waals surface area contributed by atoms with Crippen molar-refractivity contribution in [2.45, 2.75) is 11.8 Å². The zero-order valence-corrected chi connectivity index (χ0v) is 11.7. The first-order valence-corrected chi connectivity index (χ1v) is 6.26. The van der Waals surface area contributed by atoms with Gasteiger partial charge in [0.05, 0.1) is 18.3 Å². The molecule has 0 radical (unpaired) electrons. The van der Waals surface area contributed by atoms with Gasteiger partial charge in [0.1, 0.15) is 9.39 Å². The van der Waals surface area contributed by atoms with Gasteiger partial charge in [0.2, 0.25) is 0 Å². The third-order valence-corrected chi connectivity index (χ3v) is 3.24. The number of alkyl halides is 1. The summed E-state index contributed by atoms with van der Waals surface area (Å²) in [5.74, 6) is 0.589. The summed E-state index contributed by atoms with van der Waals surface area (Å²) in [6.45, 7) is 1.17. The molecule has 0 spiro atoms. The fourth-order valence-electron chi connectivity index (χ4n) is 1.12. The quantitative estimate of drug-likeness (QED) is 0.597. The zero-order valence-electron chi connectivity index (χ0n) is 8.80. The second-order valence-corrected chi connectivity index (χ2v) is 4.86. The van der Waals surface area contributed by atoms with Crippen LogP contribution >= 0.6 is 34.2 Å². The van der Waals surface area contributed by atoms with Crippen molar-refractivity contribution in [3.8, 4) is 0 Å². The number of hydrogen-bond donors (Lipinski definition) is 2. The number of anilines is 1. The van der Waals surface area contributed by atoms with Crippen LogP contribution in [0.3, 0.4) is 0 Å². The number of hydrogen-bond acceptors (Lipinski definition) is 4. The van der Waals surface area contributed by atoms with Crippen LogP contribution in [0.15, 0.2) is 11.1 Å². The van der Waals surface area contributed by atoms with E-state index >= 15 is 0 Å². The van der Waals surface area contributed by atoms with Gasteiger partial charge in [-0.25, -0.2) is 4.98 Å². The number of nitrogens with zero attached hydrogens (tertiary/aromatic N) is 1. The van der Waals surface area contributed by atoms with Crippen LogP contribution in [0.2, 0.25) is 0 Å². The summed E-state index contributed by atoms with van der Waals surface area (Å²) < 4.78 is 5.47. The van der Waals surface area contributed by atoms with E-state index in [-0.39, 0.29) is 10.9 Å². The topological polar surface area (TPSA) is 67.0 Å². The van der Waals surface area contributed by atoms with Gasteiger partial charge >= 0.3 is 0 Å². The maximum absolute atomic E-state index is 11.3. The van der Waals surface area contributed by atoms with Gasteiger partial charge in [-0.05, 0) is 29.0 Å². The van der Waals surface area contributed by atoms with Crippen molar-refractivity contribution in [3.05, 3.63) is 20.3 Å². The first-order chi connectivity index (χ1) is 7.65. The standard InChI is InChI=1S/C9H13ClIN3O2/c1-16-4-6(10)2-3-12-8-7(11)9(15)14-5-13-8/h5-6H,2-4H2,1H3,(H2,12,13,14,15). The molecule has 0 saturated heterocycles. The second-order valence-electron chi connectivity index (χ2n) is 3.16. The van der Waals surface area contributed by atoms with Crippen molar-refractivity contribution >= 4 is 40.0 Å². The van der Waals surface area contributed by atoms with Crippen LogP contribution in [0.5, 0.6) is 0 Å². The van der Waals surface area contributed by atoms with Gasteiger partial charge < -0.3 is 15.0 Å². The van der Waals surface area contributed by atoms with Crippen LogP contribution in [0.4, 0.5) is 5.82 Å². The average molecular weight is 358 g/mol. The van der Waals surface area contributed by atoms with Crippen molar-refractivity contribution < 1.29 is 4.74 Å². The minimum absolute atomic E-state index is 0.0304. The number of rotatable bonds is 6. The third-order valence-electron chi connectivity index (χ3n) is 1.89. The molecule has 1 heterocycles. The molecule has 90 valence electrons. The van der Waals surface area contributed by atoms with Gasteiger partial charge in [0.15, 0.2) is 0 Å². The largest absolute Gasteiger partial charge is 0.383 e. The lowest BCUT2D eigenvalue weighted by Crippen LogP contribution is -2.18. The summed E-state index contributed by atoms with van der Waals surface area (Å²) in [7, 11) is 1.62. The first kappa shape index (κ1) is 13.7. The van der Waals surface area contributed by atoms with Crippen LogP contribution in [-0.2, 0) is 4.74 Å². The maximum Gasteiger partial charge on any atom is 0.266 e. The van der Waals surface area contributed by atoms with Crippen LogP contribution in [0.1, 0.15) is 6.42 Å². The molecule has 0 aliphatic rings. The summed E-state index contributed by atoms with van der Waals surface area (Å²) in [4.78, 5) is 17.8. The highest BCUT2D eigenvalue weighted by Crippen LogP contribution is 2.09. The van der Waals surface area contributed by atoms with Crippen LogP contribution in [0.25, 0.3) is 0 Å². The number of nitrogens with one attached hydrogen (secondary N) is 2. The smallest absolute Gasteiger partial charge is 0.266 e. The van der Waals surface area contributed by atoms with E-state index < -0.39 is 0 Å². The molecule has 16 heavy (non-hydrogen) atoms. The Balaban J connectivity index is 2.43. The Kier molecular flexibility index (Phi) is 6.07. The highest BCUT2D eigenvalue weighted by Gasteiger charge is 2.06. The molecule has 0 aliphatic carbocycles. The summed E-state index contributed by atoms with van der Waals surface area (Å²) in [6.07, 6.45) is 2.13. The Bertz CT molecular complexity index is 385. The molecule has 2 N–H and O–H groups in total. The molecule has 1 atom stereocenters. The first-order valence-electron chi connectivity index (χ1n) is 4.75. The minimum Gasteiger partial charge on any atom is -0.383 e. The molecule has 5 nitrogen and oxygen atoms in total. The Morgan fingerprint density at radius 1 is 1.75 bits per heavy atom. The van der Waals surface area contributed by atoms with E-state index in [0.29, 0.717) is 22.5 Å². The molecular formula is C9H13ClIN3O2. The summed E-state index contributed by atoms with van der Waals surface area (Å²) in [5.41, 5.74) is -0.141. The van der Waals surface area contributed by atoms with Crippen molar-refractivity contribution in [2.75, 3.05) is 25.6 Å². The van der Waals surface area contributed by atoms with Gasteiger partial charge in [-0.1, -0.05) is 0 Å². The highest BCUT2D eigenvalue weighted by molar-refractivity contribution is 14.1. The molecule has 1 aromatic heterocycles. The highest BCUT2D eigenvalue weighted by atomic mass is 127. The van der Waals surface area contributed by atoms with Gasteiger partial charge in [0, 0.05) is 13.7 Å². The van der Waals surface area contributed by atoms with Crippen LogP contribution in [-0.4, -0.2) is 35.6 Å². The van der Waals surface area contributed by atoms with E-state index in [1.807, 2.05) is 22.6 Å². The molecule has 0 aliphatic heterocycles. The average Bonchev–Trinajstić information content (AvgIpc) is 2.25. The predicted octanol–water partition coefficient (Wildman–Crippen LogP) is 1.43. The maximum atomic E-state index is 11.3. The van der Waals surface area contributed by atoms with E-state index in [4.69, 9.17) is 16.3 Å². The number of aromatic nitrogens is 2. The van der Waals surface area contributed by atoms with E-state index in [9.17, 15) is 4.79 Å². The number of methoxy groups -OCH3 is 1. The number of H-pyrrole nitrogens is 1. The van der Waals surface area contributed by atoms with E-state index in [0.717, 1.165) is 6.42 Å². The monoisotopic (exact) mass is 357 g/mol. The van der Waals surface area contributed by atoms with Crippen LogP contribution in [0, 0.1) is 3.57 Å². The lowest BCUT2D eigenvalue weighted by atomic mass is 10.3. The van der Waals surface area contributed by atoms with Gasteiger partial charge in [-0.15, -0.1) is 11.6 Å². The SMILES string of the molecule is COCC(Cl)CCNc1nc[nH]c(=O)c1I. The third kappa shape index (κ3) is 4.26. The molecule has 0 amide bonds. The molecule has 0 saturated carbocycles. The zero-order chi connectivity index (χ0) is 12.0. The number of aromatic amines is 1. The van der Waals surface area contributed by atoms with Crippen molar-refractivity contribution in [2.24, 2.45) is 0 Å². The molecule has 1 aromatic rings. The van der Waals surface area contributed by atoms with E-state index in [1.165, 1.54) is 6.33 Å². The summed E-state index contributed by atoms with van der Waals surface area (Å²) >= 11 is 7.92. The fraction of sp³-hybridized carbons (Fsp3) is 0.556. The lowest BCUT2D eigenvalue weighted by molar-refractivity contribution is 0.196. The molecule has 1 rings (SSSR count). The molecule has 0 fully saturated rings. The Labute approximate surface area is 112 Å². The minimum atomic E-state index is -0.141. The Morgan fingerprint density at radius 2 is 2.50 bits per heavy atom. The molecule has 1 unspecified atom stereocenters. The molecule has 0 aromatic carbocycles. The Hall–Kier alpha value is -0.340. The van der Waals surface area contributed by atoms with Crippen molar-refractivity contribution in [1.29, 1.82) is 0 Å². The van der Waals surface area contributed by atoms with Gasteiger partial charge in [-0.3, -0.25) is 4.79 Å². The van der Waals surface area contributed by atoms with E-state index in [1.54, 1.807) is 7.11 Å².